The van der Waals surface area contributed by atoms with Crippen LogP contribution in [0.15, 0.2) is 18.2 Å². The zero-order valence-corrected chi connectivity index (χ0v) is 11.4. The highest BCUT2D eigenvalue weighted by Crippen LogP contribution is 2.33. The number of phenols is 2. The van der Waals surface area contributed by atoms with Crippen LogP contribution in [0, 0.1) is 5.92 Å². The summed E-state index contributed by atoms with van der Waals surface area (Å²) in [6.45, 7) is 3.55. The minimum Gasteiger partial charge on any atom is -0.508 e. The molecule has 1 aromatic rings. The van der Waals surface area contributed by atoms with Gasteiger partial charge in [-0.15, -0.1) is 0 Å². The molecule has 0 spiro atoms. The third-order valence-electron chi connectivity index (χ3n) is 2.36. The lowest BCUT2D eigenvalue weighted by molar-refractivity contribution is 0.0438. The van der Waals surface area contributed by atoms with Crippen molar-refractivity contribution in [1.29, 1.82) is 0 Å². The van der Waals surface area contributed by atoms with E-state index in [-0.39, 0.29) is 29.4 Å². The van der Waals surface area contributed by atoms with Crippen LogP contribution in [0.25, 0.3) is 0 Å². The zero-order chi connectivity index (χ0) is 14.8. The smallest absolute Gasteiger partial charge is 0.399 e. The molecule has 0 amide bonds. The number of rotatable bonds is 5. The predicted octanol–water partition coefficient (Wildman–Crippen LogP) is 1.07. The Morgan fingerprint density at radius 1 is 1.26 bits per heavy atom. The molecule has 0 saturated heterocycles. The van der Waals surface area contributed by atoms with Gasteiger partial charge in [-0.05, 0) is 24.5 Å². The van der Waals surface area contributed by atoms with Gasteiger partial charge in [0.25, 0.3) is 0 Å². The number of nitrogens with two attached hydrogens (primary N) is 1. The maximum Gasteiger partial charge on any atom is 0.399 e. The van der Waals surface area contributed by atoms with Crippen molar-refractivity contribution in [2.75, 3.05) is 0 Å². The number of benzene rings is 1. The normalized spacial score (nSPS) is 15.4. The lowest BCUT2D eigenvalue weighted by Crippen LogP contribution is -2.42. The van der Waals surface area contributed by atoms with Gasteiger partial charge in [0.05, 0.1) is 0 Å². The van der Waals surface area contributed by atoms with Gasteiger partial charge in [0.1, 0.15) is 11.5 Å². The van der Waals surface area contributed by atoms with Crippen LogP contribution in [0.2, 0.25) is 0 Å². The molecule has 0 aromatic heterocycles. The first-order valence-electron chi connectivity index (χ1n) is 5.52. The highest BCUT2D eigenvalue weighted by Gasteiger charge is 2.35. The molecule has 1 rings (SSSR count). The van der Waals surface area contributed by atoms with Crippen LogP contribution in [-0.4, -0.2) is 23.2 Å². The molecule has 108 valence electrons. The van der Waals surface area contributed by atoms with Crippen LogP contribution >= 0.6 is 0 Å². The fourth-order valence-corrected chi connectivity index (χ4v) is 2.37. The molecule has 0 bridgehead atoms. The molecule has 0 radical (unpaired) electrons. The third-order valence-corrected chi connectivity index (χ3v) is 2.86. The number of phenolic OH excluding ortho intramolecular Hbond substituents is 2. The summed E-state index contributed by atoms with van der Waals surface area (Å²) >= 11 is 0. The molecule has 8 heteroatoms. The first kappa shape index (κ1) is 15.7. The Morgan fingerprint density at radius 2 is 1.74 bits per heavy atom. The van der Waals surface area contributed by atoms with Crippen LogP contribution < -0.4 is 5.73 Å². The predicted molar refractivity (Wildman–Crippen MR) is 67.7 cm³/mol. The Labute approximate surface area is 111 Å². The van der Waals surface area contributed by atoms with E-state index >= 15 is 0 Å². The lowest BCUT2D eigenvalue weighted by atomic mass is 9.93. The van der Waals surface area contributed by atoms with Crippen molar-refractivity contribution in [1.82, 2.24) is 0 Å². The molecule has 1 atom stereocenters. The number of aromatic hydroxyl groups is 2. The molecular formula is C11H17NO6S. The summed E-state index contributed by atoms with van der Waals surface area (Å²) in [5.74, 6) is -0.656. The van der Waals surface area contributed by atoms with E-state index in [0.717, 1.165) is 18.2 Å². The number of hydrogen-bond acceptors (Lipinski definition) is 6. The van der Waals surface area contributed by atoms with Crippen molar-refractivity contribution in [3.05, 3.63) is 23.8 Å². The maximum atomic E-state index is 10.9. The van der Waals surface area contributed by atoms with E-state index in [0.29, 0.717) is 0 Å². The molecule has 0 aliphatic heterocycles. The molecule has 1 aromatic carbocycles. The summed E-state index contributed by atoms with van der Waals surface area (Å²) in [5, 5.41) is 18.8. The first-order valence-corrected chi connectivity index (χ1v) is 6.89. The molecule has 1 unspecified atom stereocenters. The molecule has 0 heterocycles. The summed E-state index contributed by atoms with van der Waals surface area (Å²) in [7, 11) is -4.79. The first-order chi connectivity index (χ1) is 8.52. The molecule has 19 heavy (non-hydrogen) atoms. The highest BCUT2D eigenvalue weighted by molar-refractivity contribution is 7.80. The maximum absolute atomic E-state index is 10.9. The van der Waals surface area contributed by atoms with E-state index in [1.165, 1.54) is 0 Å². The summed E-state index contributed by atoms with van der Waals surface area (Å²) in [6, 6.07) is 3.38. The highest BCUT2D eigenvalue weighted by atomic mass is 32.3. The van der Waals surface area contributed by atoms with Gasteiger partial charge < -0.3 is 10.2 Å². The average Bonchev–Trinajstić information content (AvgIpc) is 2.10. The van der Waals surface area contributed by atoms with Crippen molar-refractivity contribution >= 4 is 10.4 Å². The second-order valence-corrected chi connectivity index (χ2v) is 5.76. The third kappa shape index (κ3) is 4.67. The van der Waals surface area contributed by atoms with Crippen LogP contribution in [0.3, 0.4) is 0 Å². The molecular weight excluding hydrogens is 274 g/mol. The second kappa shape index (κ2) is 5.33. The molecule has 5 N–H and O–H groups in total. The van der Waals surface area contributed by atoms with Crippen LogP contribution in [0.1, 0.15) is 25.8 Å². The van der Waals surface area contributed by atoms with Crippen LogP contribution in [-0.2, 0) is 20.3 Å². The lowest BCUT2D eigenvalue weighted by Gasteiger charge is -2.29. The SMILES string of the molecule is CC(C)CC(N)(OS(=O)(=O)O)c1cc(O)cc(O)c1. The summed E-state index contributed by atoms with van der Waals surface area (Å²) in [4.78, 5) is 0. The van der Waals surface area contributed by atoms with Gasteiger partial charge in [-0.1, -0.05) is 13.8 Å². The zero-order valence-electron chi connectivity index (χ0n) is 10.6. The summed E-state index contributed by atoms with van der Waals surface area (Å²) in [6.07, 6.45) is 0.0513. The minimum atomic E-state index is -4.79. The molecule has 0 aliphatic carbocycles. The van der Waals surface area contributed by atoms with E-state index in [1.54, 1.807) is 13.8 Å². The van der Waals surface area contributed by atoms with E-state index in [4.69, 9.17) is 10.3 Å². The standard InChI is InChI=1S/C11H17NO6S/c1-7(2)6-11(12,18-19(15,16)17)8-3-9(13)5-10(14)4-8/h3-5,7,13-14H,6,12H2,1-2H3,(H,15,16,17). The van der Waals surface area contributed by atoms with Crippen molar-refractivity contribution in [3.63, 3.8) is 0 Å². The largest absolute Gasteiger partial charge is 0.508 e. The Morgan fingerprint density at radius 3 is 2.11 bits per heavy atom. The van der Waals surface area contributed by atoms with Crippen molar-refractivity contribution in [3.8, 4) is 11.5 Å². The summed E-state index contributed by atoms with van der Waals surface area (Å²) in [5.41, 5.74) is 4.02. The van der Waals surface area contributed by atoms with E-state index < -0.39 is 16.1 Å². The van der Waals surface area contributed by atoms with Crippen LogP contribution in [0.4, 0.5) is 0 Å². The van der Waals surface area contributed by atoms with Gasteiger partial charge in [-0.25, -0.2) is 4.18 Å². The number of hydrogen-bond donors (Lipinski definition) is 4. The van der Waals surface area contributed by atoms with Crippen molar-refractivity contribution < 1.29 is 27.4 Å². The van der Waals surface area contributed by atoms with E-state index in [9.17, 15) is 18.6 Å². The van der Waals surface area contributed by atoms with Gasteiger partial charge >= 0.3 is 10.4 Å². The molecule has 0 fully saturated rings. The van der Waals surface area contributed by atoms with Gasteiger partial charge in [0.15, 0.2) is 5.72 Å². The average molecular weight is 291 g/mol. The van der Waals surface area contributed by atoms with Gasteiger partial charge in [-0.2, -0.15) is 8.42 Å². The molecule has 0 saturated carbocycles. The van der Waals surface area contributed by atoms with Gasteiger partial charge in [0, 0.05) is 11.6 Å². The molecule has 0 aliphatic rings. The second-order valence-electron chi connectivity index (χ2n) is 4.74. The fraction of sp³-hybridized carbons (Fsp3) is 0.455. The monoisotopic (exact) mass is 291 g/mol. The van der Waals surface area contributed by atoms with Crippen molar-refractivity contribution in [2.45, 2.75) is 26.0 Å². The fourth-order valence-electron chi connectivity index (χ4n) is 1.83. The van der Waals surface area contributed by atoms with E-state index in [1.807, 2.05) is 0 Å². The summed E-state index contributed by atoms with van der Waals surface area (Å²) < 4.78 is 35.1. The van der Waals surface area contributed by atoms with E-state index in [2.05, 4.69) is 4.18 Å². The topological polar surface area (TPSA) is 130 Å². The van der Waals surface area contributed by atoms with Crippen LogP contribution in [0.5, 0.6) is 11.5 Å². The van der Waals surface area contributed by atoms with Crippen molar-refractivity contribution in [2.24, 2.45) is 11.7 Å². The van der Waals surface area contributed by atoms with Gasteiger partial charge in [-0.3, -0.25) is 10.3 Å². The van der Waals surface area contributed by atoms with Gasteiger partial charge in [0.2, 0.25) is 0 Å². The Balaban J connectivity index is 3.29. The Kier molecular flexibility index (Phi) is 4.41. The molecule has 7 nitrogen and oxygen atoms in total. The quantitative estimate of drug-likeness (QED) is 0.471. The Hall–Kier alpha value is -1.35. The minimum absolute atomic E-state index is 0.0383. The Bertz CT molecular complexity index is 536.